The maximum atomic E-state index is 13.7. The predicted octanol–water partition coefficient (Wildman–Crippen LogP) is 7.27. The van der Waals surface area contributed by atoms with Crippen LogP contribution in [-0.2, 0) is 14.9 Å². The highest BCUT2D eigenvalue weighted by atomic mass is 79.9. The molecule has 0 aliphatic carbocycles. The van der Waals surface area contributed by atoms with Crippen molar-refractivity contribution in [2.75, 3.05) is 19.7 Å². The topological polar surface area (TPSA) is 67.4 Å². The minimum absolute atomic E-state index is 0.219. The highest BCUT2D eigenvalue weighted by molar-refractivity contribution is 9.11. The molecule has 1 atom stereocenters. The lowest BCUT2D eigenvalue weighted by Gasteiger charge is -2.42. The molecule has 2 aromatic carbocycles. The Morgan fingerprint density at radius 2 is 1.86 bits per heavy atom. The number of piperidine rings is 1. The number of fused-ring (bicyclic) bond motifs is 1. The minimum atomic E-state index is -0.544. The summed E-state index contributed by atoms with van der Waals surface area (Å²) in [6.45, 7) is 9.13. The number of nitrogens with zero attached hydrogens (tertiary/aromatic N) is 2. The second kappa shape index (κ2) is 10.2. The van der Waals surface area contributed by atoms with Crippen LogP contribution in [0.5, 0.6) is 0 Å². The summed E-state index contributed by atoms with van der Waals surface area (Å²) in [5.74, 6) is -0.272. The van der Waals surface area contributed by atoms with Crippen molar-refractivity contribution in [2.24, 2.45) is 0 Å². The molecule has 1 fully saturated rings. The molecular weight excluding hydrogens is 581 g/mol. The zero-order valence-corrected chi connectivity index (χ0v) is 23.5. The van der Waals surface area contributed by atoms with Crippen LogP contribution in [0.15, 0.2) is 45.5 Å². The molecule has 35 heavy (non-hydrogen) atoms. The number of halogens is 3. The SMILES string of the molecule is CC(OCC1(c2ccc(F)cc2)CCN(C(=O)OC(C)(C)C)CC1)c1cc(Br)cc2c(Br)n[nH]c12. The lowest BCUT2D eigenvalue weighted by atomic mass is 9.73. The number of H-pyrrole nitrogens is 1. The molecule has 6 nitrogen and oxygen atoms in total. The fraction of sp³-hybridized carbons (Fsp3) is 0.462. The number of hydrogen-bond donors (Lipinski definition) is 1. The summed E-state index contributed by atoms with van der Waals surface area (Å²) < 4.78 is 27.5. The van der Waals surface area contributed by atoms with Crippen molar-refractivity contribution >= 4 is 48.9 Å². The first-order valence-corrected chi connectivity index (χ1v) is 13.2. The summed E-state index contributed by atoms with van der Waals surface area (Å²) in [6.07, 6.45) is 0.853. The number of amides is 1. The van der Waals surface area contributed by atoms with Crippen LogP contribution in [0.4, 0.5) is 9.18 Å². The normalized spacial score (nSPS) is 16.9. The third-order valence-electron chi connectivity index (χ3n) is 6.50. The minimum Gasteiger partial charge on any atom is -0.444 e. The third kappa shape index (κ3) is 5.89. The Bertz CT molecular complexity index is 1200. The lowest BCUT2D eigenvalue weighted by molar-refractivity contribution is -0.00934. The number of benzene rings is 2. The Balaban J connectivity index is 1.55. The summed E-state index contributed by atoms with van der Waals surface area (Å²) >= 11 is 7.08. The van der Waals surface area contributed by atoms with E-state index in [2.05, 4.69) is 42.1 Å². The fourth-order valence-corrected chi connectivity index (χ4v) is 5.42. The molecule has 1 amide bonds. The molecule has 9 heteroatoms. The molecule has 1 aliphatic rings. The molecule has 1 N–H and O–H groups in total. The number of carbonyl (C=O) groups excluding carboxylic acids is 1. The summed E-state index contributed by atoms with van der Waals surface area (Å²) in [6, 6.07) is 10.7. The molecule has 1 aromatic heterocycles. The largest absolute Gasteiger partial charge is 0.444 e. The third-order valence-corrected chi connectivity index (χ3v) is 7.56. The Hall–Kier alpha value is -1.97. The van der Waals surface area contributed by atoms with Crippen molar-refractivity contribution in [2.45, 2.75) is 57.7 Å². The van der Waals surface area contributed by atoms with E-state index in [0.717, 1.165) is 31.1 Å². The van der Waals surface area contributed by atoms with E-state index in [4.69, 9.17) is 9.47 Å². The van der Waals surface area contributed by atoms with Gasteiger partial charge in [0.2, 0.25) is 0 Å². The standard InChI is InChI=1S/C26H30Br2FN3O3/c1-16(20-13-18(27)14-21-22(20)30-31-23(21)28)34-15-26(17-5-7-19(29)8-6-17)9-11-32(12-10-26)24(33)35-25(2,3)4/h5-8,13-14,16H,9-12,15H2,1-4H3,(H,30,31). The van der Waals surface area contributed by atoms with E-state index < -0.39 is 5.60 Å². The van der Waals surface area contributed by atoms with Crippen LogP contribution >= 0.6 is 31.9 Å². The number of aromatic nitrogens is 2. The maximum absolute atomic E-state index is 13.7. The Morgan fingerprint density at radius 1 is 1.20 bits per heavy atom. The van der Waals surface area contributed by atoms with Gasteiger partial charge in [-0.3, -0.25) is 5.10 Å². The van der Waals surface area contributed by atoms with Crippen LogP contribution in [0, 0.1) is 5.82 Å². The van der Waals surface area contributed by atoms with Crippen LogP contribution in [0.3, 0.4) is 0 Å². The van der Waals surface area contributed by atoms with Crippen LogP contribution in [0.25, 0.3) is 10.9 Å². The smallest absolute Gasteiger partial charge is 0.410 e. The Labute approximate surface area is 221 Å². The van der Waals surface area contributed by atoms with E-state index in [0.29, 0.717) is 32.5 Å². The fourth-order valence-electron chi connectivity index (χ4n) is 4.54. The van der Waals surface area contributed by atoms with Crippen LogP contribution in [-0.4, -0.2) is 46.5 Å². The average molecular weight is 611 g/mol. The monoisotopic (exact) mass is 609 g/mol. The van der Waals surface area contributed by atoms with Crippen molar-refractivity contribution in [3.63, 3.8) is 0 Å². The van der Waals surface area contributed by atoms with Gasteiger partial charge in [-0.1, -0.05) is 28.1 Å². The second-order valence-electron chi connectivity index (χ2n) is 10.1. The predicted molar refractivity (Wildman–Crippen MR) is 141 cm³/mol. The highest BCUT2D eigenvalue weighted by Crippen LogP contribution is 2.39. The Kier molecular flexibility index (Phi) is 7.60. The molecular formula is C26H30Br2FN3O3. The van der Waals surface area contributed by atoms with E-state index in [1.54, 1.807) is 4.90 Å². The van der Waals surface area contributed by atoms with Gasteiger partial charge in [-0.15, -0.1) is 0 Å². The lowest BCUT2D eigenvalue weighted by Crippen LogP contribution is -2.48. The van der Waals surface area contributed by atoms with Gasteiger partial charge in [0.15, 0.2) is 0 Å². The number of rotatable bonds is 5. The van der Waals surface area contributed by atoms with Gasteiger partial charge in [-0.05, 0) is 86.3 Å². The van der Waals surface area contributed by atoms with E-state index in [1.165, 1.54) is 12.1 Å². The van der Waals surface area contributed by atoms with Crippen molar-refractivity contribution in [3.8, 4) is 0 Å². The number of nitrogens with one attached hydrogen (secondary N) is 1. The number of hydrogen-bond acceptors (Lipinski definition) is 4. The quantitative estimate of drug-likeness (QED) is 0.330. The zero-order valence-electron chi connectivity index (χ0n) is 20.3. The van der Waals surface area contributed by atoms with Crippen molar-refractivity contribution < 1.29 is 18.7 Å². The molecule has 2 heterocycles. The number of aromatic amines is 1. The van der Waals surface area contributed by atoms with Gasteiger partial charge in [0.05, 0.1) is 18.2 Å². The molecule has 3 aromatic rings. The number of carbonyl (C=O) groups is 1. The van der Waals surface area contributed by atoms with Gasteiger partial charge in [0.25, 0.3) is 0 Å². The molecule has 1 unspecified atom stereocenters. The molecule has 0 spiro atoms. The second-order valence-corrected chi connectivity index (χ2v) is 11.8. The molecule has 188 valence electrons. The first kappa shape index (κ1) is 26.1. The molecule has 0 radical (unpaired) electrons. The molecule has 4 rings (SSSR count). The molecule has 1 aliphatic heterocycles. The van der Waals surface area contributed by atoms with Gasteiger partial charge in [0, 0.05) is 33.9 Å². The van der Waals surface area contributed by atoms with Gasteiger partial charge in [-0.2, -0.15) is 5.10 Å². The number of ether oxygens (including phenoxy) is 2. The summed E-state index contributed by atoms with van der Waals surface area (Å²) in [5, 5.41) is 8.34. The van der Waals surface area contributed by atoms with Gasteiger partial charge >= 0.3 is 6.09 Å². The Morgan fingerprint density at radius 3 is 2.49 bits per heavy atom. The maximum Gasteiger partial charge on any atom is 0.410 e. The van der Waals surface area contributed by atoms with Crippen molar-refractivity contribution in [1.82, 2.24) is 15.1 Å². The molecule has 1 saturated heterocycles. The van der Waals surface area contributed by atoms with Crippen LogP contribution in [0.1, 0.15) is 57.8 Å². The first-order chi connectivity index (χ1) is 16.5. The van der Waals surface area contributed by atoms with Gasteiger partial charge in [0.1, 0.15) is 16.0 Å². The molecule has 0 bridgehead atoms. The highest BCUT2D eigenvalue weighted by Gasteiger charge is 2.39. The zero-order chi connectivity index (χ0) is 25.4. The average Bonchev–Trinajstić information content (AvgIpc) is 3.17. The van der Waals surface area contributed by atoms with Crippen LogP contribution < -0.4 is 0 Å². The van der Waals surface area contributed by atoms with Crippen molar-refractivity contribution in [1.29, 1.82) is 0 Å². The first-order valence-electron chi connectivity index (χ1n) is 11.7. The summed E-state index contributed by atoms with van der Waals surface area (Å²) in [7, 11) is 0. The van der Waals surface area contributed by atoms with Crippen molar-refractivity contribution in [3.05, 3.63) is 62.4 Å². The van der Waals surface area contributed by atoms with E-state index in [-0.39, 0.29) is 23.4 Å². The molecule has 0 saturated carbocycles. The summed E-state index contributed by atoms with van der Waals surface area (Å²) in [5.41, 5.74) is 2.04. The van der Waals surface area contributed by atoms with E-state index in [9.17, 15) is 9.18 Å². The van der Waals surface area contributed by atoms with E-state index >= 15 is 0 Å². The van der Waals surface area contributed by atoms with E-state index in [1.807, 2.05) is 52.0 Å². The summed E-state index contributed by atoms with van der Waals surface area (Å²) in [4.78, 5) is 14.4. The van der Waals surface area contributed by atoms with Gasteiger partial charge < -0.3 is 14.4 Å². The van der Waals surface area contributed by atoms with Crippen LogP contribution in [0.2, 0.25) is 0 Å². The number of likely N-dealkylation sites (tertiary alicyclic amines) is 1. The van der Waals surface area contributed by atoms with Gasteiger partial charge in [-0.25, -0.2) is 9.18 Å².